The molecule has 0 radical (unpaired) electrons. The lowest BCUT2D eigenvalue weighted by Crippen LogP contribution is -2.27. The summed E-state index contributed by atoms with van der Waals surface area (Å²) in [6, 6.07) is 18.6. The fourth-order valence-corrected chi connectivity index (χ4v) is 2.73. The molecule has 22 heavy (non-hydrogen) atoms. The molecule has 1 heterocycles. The number of hydrogen-bond acceptors (Lipinski definition) is 3. The van der Waals surface area contributed by atoms with E-state index in [1.807, 2.05) is 18.2 Å². The van der Waals surface area contributed by atoms with Gasteiger partial charge in [-0.05, 0) is 28.3 Å². The van der Waals surface area contributed by atoms with E-state index in [1.54, 1.807) is 0 Å². The molecule has 0 aromatic heterocycles. The van der Waals surface area contributed by atoms with Gasteiger partial charge in [0.25, 0.3) is 0 Å². The van der Waals surface area contributed by atoms with E-state index in [9.17, 15) is 9.70 Å². The maximum atomic E-state index is 11.6. The van der Waals surface area contributed by atoms with Crippen molar-refractivity contribution in [2.24, 2.45) is 5.18 Å². The molecular formula is C18H16N2O2. The van der Waals surface area contributed by atoms with Gasteiger partial charge in [-0.25, -0.2) is 0 Å². The second kappa shape index (κ2) is 6.35. The average Bonchev–Trinajstić information content (AvgIpc) is 2.89. The van der Waals surface area contributed by atoms with Crippen LogP contribution in [0.2, 0.25) is 0 Å². The van der Waals surface area contributed by atoms with E-state index in [0.29, 0.717) is 12.0 Å². The van der Waals surface area contributed by atoms with Crippen molar-refractivity contribution in [3.63, 3.8) is 0 Å². The molecule has 4 nitrogen and oxygen atoms in total. The van der Waals surface area contributed by atoms with Crippen LogP contribution in [0.4, 0.5) is 0 Å². The van der Waals surface area contributed by atoms with Gasteiger partial charge in [-0.15, -0.1) is 4.91 Å². The Kier molecular flexibility index (Phi) is 4.10. The van der Waals surface area contributed by atoms with Crippen molar-refractivity contribution in [2.45, 2.75) is 18.9 Å². The number of nitrogens with zero attached hydrogens (tertiary/aromatic N) is 1. The molecule has 1 fully saturated rings. The van der Waals surface area contributed by atoms with Crippen molar-refractivity contribution in [2.75, 3.05) is 0 Å². The SMILES string of the molecule is O=NC=C1C[C@@H](Cc2ccc(-c3ccccc3)cc2)NC1=O. The van der Waals surface area contributed by atoms with Gasteiger partial charge < -0.3 is 5.32 Å². The number of amides is 1. The van der Waals surface area contributed by atoms with E-state index in [1.165, 1.54) is 11.1 Å². The van der Waals surface area contributed by atoms with E-state index >= 15 is 0 Å². The minimum atomic E-state index is -0.189. The number of nitroso groups, excluding NO2 is 1. The zero-order valence-electron chi connectivity index (χ0n) is 12.0. The molecule has 0 bridgehead atoms. The van der Waals surface area contributed by atoms with E-state index in [-0.39, 0.29) is 11.9 Å². The van der Waals surface area contributed by atoms with Crippen LogP contribution in [-0.2, 0) is 11.2 Å². The first-order valence-electron chi connectivity index (χ1n) is 7.23. The van der Waals surface area contributed by atoms with Crippen LogP contribution in [0.15, 0.2) is 71.5 Å². The first kappa shape index (κ1) is 14.2. The Morgan fingerprint density at radius 3 is 2.41 bits per heavy atom. The molecule has 0 unspecified atom stereocenters. The van der Waals surface area contributed by atoms with Gasteiger partial charge in [-0.1, -0.05) is 54.6 Å². The lowest BCUT2D eigenvalue weighted by Gasteiger charge is -2.10. The molecule has 110 valence electrons. The summed E-state index contributed by atoms with van der Waals surface area (Å²) in [5, 5.41) is 5.56. The van der Waals surface area contributed by atoms with Crippen LogP contribution in [0.5, 0.6) is 0 Å². The maximum Gasteiger partial charge on any atom is 0.249 e. The molecule has 1 saturated heterocycles. The van der Waals surface area contributed by atoms with Crippen molar-refractivity contribution < 1.29 is 4.79 Å². The monoisotopic (exact) mass is 292 g/mol. The summed E-state index contributed by atoms with van der Waals surface area (Å²) in [6.07, 6.45) is 2.40. The van der Waals surface area contributed by atoms with Crippen molar-refractivity contribution in [1.82, 2.24) is 5.32 Å². The number of rotatable bonds is 4. The number of carbonyl (C=O) groups is 1. The van der Waals surface area contributed by atoms with Crippen molar-refractivity contribution in [3.05, 3.63) is 76.8 Å². The Labute approximate surface area is 128 Å². The van der Waals surface area contributed by atoms with Crippen LogP contribution >= 0.6 is 0 Å². The zero-order chi connectivity index (χ0) is 15.4. The molecule has 1 amide bonds. The average molecular weight is 292 g/mol. The van der Waals surface area contributed by atoms with E-state index in [2.05, 4.69) is 46.9 Å². The fraction of sp³-hybridized carbons (Fsp3) is 0.167. The molecule has 1 aliphatic heterocycles. The Hall–Kier alpha value is -2.75. The summed E-state index contributed by atoms with van der Waals surface area (Å²) in [4.78, 5) is 21.9. The molecule has 4 heteroatoms. The summed E-state index contributed by atoms with van der Waals surface area (Å²) in [5.41, 5.74) is 3.97. The maximum absolute atomic E-state index is 11.6. The quantitative estimate of drug-likeness (QED) is 0.693. The van der Waals surface area contributed by atoms with Gasteiger partial charge in [0.2, 0.25) is 5.91 Å². The molecule has 2 aromatic rings. The van der Waals surface area contributed by atoms with Crippen molar-refractivity contribution >= 4 is 5.91 Å². The zero-order valence-corrected chi connectivity index (χ0v) is 12.0. The highest BCUT2D eigenvalue weighted by Crippen LogP contribution is 2.22. The van der Waals surface area contributed by atoms with Crippen LogP contribution < -0.4 is 5.32 Å². The van der Waals surface area contributed by atoms with Gasteiger partial charge in [0.1, 0.15) is 0 Å². The lowest BCUT2D eigenvalue weighted by atomic mass is 9.99. The molecular weight excluding hydrogens is 276 g/mol. The van der Waals surface area contributed by atoms with Gasteiger partial charge in [-0.3, -0.25) is 4.79 Å². The molecule has 0 saturated carbocycles. The van der Waals surface area contributed by atoms with Crippen molar-refractivity contribution in [1.29, 1.82) is 0 Å². The second-order valence-corrected chi connectivity index (χ2v) is 5.40. The van der Waals surface area contributed by atoms with Crippen LogP contribution in [0.3, 0.4) is 0 Å². The third-order valence-electron chi connectivity index (χ3n) is 3.84. The number of carbonyl (C=O) groups excluding carboxylic acids is 1. The molecule has 0 spiro atoms. The molecule has 1 aliphatic rings. The lowest BCUT2D eigenvalue weighted by molar-refractivity contribution is -0.116. The minimum absolute atomic E-state index is 0.0306. The highest BCUT2D eigenvalue weighted by atomic mass is 16.2. The summed E-state index contributed by atoms with van der Waals surface area (Å²) in [5.74, 6) is -0.189. The predicted octanol–water partition coefficient (Wildman–Crippen LogP) is 3.43. The largest absolute Gasteiger partial charge is 0.349 e. The highest BCUT2D eigenvalue weighted by Gasteiger charge is 2.26. The normalized spacial score (nSPS) is 19.2. The molecule has 1 atom stereocenters. The van der Waals surface area contributed by atoms with Gasteiger partial charge >= 0.3 is 0 Å². The highest BCUT2D eigenvalue weighted by molar-refractivity contribution is 5.96. The summed E-state index contributed by atoms with van der Waals surface area (Å²) in [7, 11) is 0. The van der Waals surface area contributed by atoms with E-state index < -0.39 is 0 Å². The van der Waals surface area contributed by atoms with Crippen LogP contribution in [0.25, 0.3) is 11.1 Å². The Morgan fingerprint density at radius 1 is 1.05 bits per heavy atom. The molecule has 1 N–H and O–H groups in total. The first-order chi connectivity index (χ1) is 10.8. The summed E-state index contributed by atoms with van der Waals surface area (Å²) in [6.45, 7) is 0. The second-order valence-electron chi connectivity index (χ2n) is 5.40. The summed E-state index contributed by atoms with van der Waals surface area (Å²) < 4.78 is 0. The standard InChI is InChI=1S/C18H16N2O2/c21-18-16(12-19-22)11-17(20-18)10-13-6-8-15(9-7-13)14-4-2-1-3-5-14/h1-9,12,17H,10-11H2,(H,20,21)/t17-/m1/s1. The number of benzene rings is 2. The Bertz CT molecular complexity index is 706. The van der Waals surface area contributed by atoms with Gasteiger partial charge in [-0.2, -0.15) is 0 Å². The number of hydrogen-bond donors (Lipinski definition) is 1. The van der Waals surface area contributed by atoms with Crippen molar-refractivity contribution in [3.8, 4) is 11.1 Å². The van der Waals surface area contributed by atoms with Gasteiger partial charge in [0.15, 0.2) is 0 Å². The fourth-order valence-electron chi connectivity index (χ4n) is 2.73. The van der Waals surface area contributed by atoms with Crippen LogP contribution in [0.1, 0.15) is 12.0 Å². The first-order valence-corrected chi connectivity index (χ1v) is 7.23. The molecule has 0 aliphatic carbocycles. The Morgan fingerprint density at radius 2 is 1.73 bits per heavy atom. The third-order valence-corrected chi connectivity index (χ3v) is 3.84. The molecule has 3 rings (SSSR count). The summed E-state index contributed by atoms with van der Waals surface area (Å²) >= 11 is 0. The van der Waals surface area contributed by atoms with Crippen LogP contribution in [0, 0.1) is 4.91 Å². The topological polar surface area (TPSA) is 58.5 Å². The van der Waals surface area contributed by atoms with E-state index in [4.69, 9.17) is 0 Å². The number of nitrogens with one attached hydrogen (secondary N) is 1. The predicted molar refractivity (Wildman–Crippen MR) is 86.0 cm³/mol. The van der Waals surface area contributed by atoms with Gasteiger partial charge in [0, 0.05) is 18.0 Å². The van der Waals surface area contributed by atoms with E-state index in [0.717, 1.165) is 18.2 Å². The Balaban J connectivity index is 1.69. The van der Waals surface area contributed by atoms with Gasteiger partial charge in [0.05, 0.1) is 6.20 Å². The minimum Gasteiger partial charge on any atom is -0.349 e. The smallest absolute Gasteiger partial charge is 0.249 e. The van der Waals surface area contributed by atoms with Crippen LogP contribution in [-0.4, -0.2) is 11.9 Å². The molecule has 2 aromatic carbocycles. The third kappa shape index (κ3) is 3.11.